The Labute approximate surface area is 90.3 Å². The molecule has 0 bridgehead atoms. The van der Waals surface area contributed by atoms with Gasteiger partial charge in [-0.15, -0.1) is 0 Å². The fourth-order valence-electron chi connectivity index (χ4n) is 0.883. The first-order chi connectivity index (χ1) is 6.40. The highest BCUT2D eigenvalue weighted by Gasteiger charge is 2.23. The van der Waals surface area contributed by atoms with Gasteiger partial charge in [0.15, 0.2) is 0 Å². The second kappa shape index (κ2) is 6.06. The molecule has 0 rings (SSSR count). The van der Waals surface area contributed by atoms with Gasteiger partial charge in [-0.3, -0.25) is 4.99 Å². The lowest BCUT2D eigenvalue weighted by molar-refractivity contribution is -0.156. The number of hydrogen-bond acceptors (Lipinski definition) is 4. The number of nitrogens with zero attached hydrogens (tertiary/aromatic N) is 1. The van der Waals surface area contributed by atoms with E-state index in [1.165, 1.54) is 0 Å². The smallest absolute Gasteiger partial charge is 0.331 e. The number of hydrogen-bond donors (Lipinski definition) is 0. The average molecular weight is 217 g/mol. The zero-order chi connectivity index (χ0) is 11.2. The monoisotopic (exact) mass is 217 g/mol. The van der Waals surface area contributed by atoms with Crippen molar-refractivity contribution in [1.29, 1.82) is 0 Å². The van der Waals surface area contributed by atoms with E-state index in [-0.39, 0.29) is 5.97 Å². The predicted octanol–water partition coefficient (Wildman–Crippen LogP) is 2.15. The van der Waals surface area contributed by atoms with E-state index in [0.29, 0.717) is 6.42 Å². The third kappa shape index (κ3) is 6.02. The van der Waals surface area contributed by atoms with Crippen molar-refractivity contribution in [2.45, 2.75) is 38.8 Å². The molecule has 0 saturated heterocycles. The van der Waals surface area contributed by atoms with Gasteiger partial charge in [0.25, 0.3) is 0 Å². The molecule has 0 amide bonds. The molecular weight excluding hydrogens is 198 g/mol. The van der Waals surface area contributed by atoms with Gasteiger partial charge in [0.05, 0.1) is 0 Å². The van der Waals surface area contributed by atoms with Crippen LogP contribution in [0.15, 0.2) is 4.99 Å². The van der Waals surface area contributed by atoms with Gasteiger partial charge in [0, 0.05) is 0 Å². The van der Waals surface area contributed by atoms with Crippen molar-refractivity contribution in [2.24, 2.45) is 4.99 Å². The lowest BCUT2D eigenvalue weighted by Crippen LogP contribution is -2.31. The number of aliphatic imine (C=N–C) groups is 1. The number of ether oxygens (including phenoxy) is 1. The van der Waals surface area contributed by atoms with Crippen molar-refractivity contribution in [3.8, 4) is 0 Å². The molecule has 0 aliphatic carbocycles. The lowest BCUT2D eigenvalue weighted by atomic mass is 10.2. The maximum absolute atomic E-state index is 11.5. The Balaban J connectivity index is 4.11. The summed E-state index contributed by atoms with van der Waals surface area (Å²) in [5.41, 5.74) is -0.445. The summed E-state index contributed by atoms with van der Waals surface area (Å²) >= 11 is 1.69. The summed E-state index contributed by atoms with van der Waals surface area (Å²) in [6.07, 6.45) is 2.69. The van der Waals surface area contributed by atoms with Crippen LogP contribution in [0.25, 0.3) is 0 Å². The van der Waals surface area contributed by atoms with Crippen LogP contribution in [0.5, 0.6) is 0 Å². The van der Waals surface area contributed by atoms with Crippen LogP contribution in [0.3, 0.4) is 0 Å². The Morgan fingerprint density at radius 3 is 2.50 bits per heavy atom. The quantitative estimate of drug-likeness (QED) is 0.523. The predicted molar refractivity (Wildman–Crippen MR) is 62.2 cm³/mol. The molecule has 82 valence electrons. The van der Waals surface area contributed by atoms with Gasteiger partial charge in [0.2, 0.25) is 0 Å². The van der Waals surface area contributed by atoms with E-state index in [1.54, 1.807) is 11.8 Å². The van der Waals surface area contributed by atoms with E-state index in [9.17, 15) is 4.79 Å². The molecule has 1 unspecified atom stereocenters. The SMILES string of the molecule is C=NC(CCSC)C(=O)OC(C)(C)C. The van der Waals surface area contributed by atoms with E-state index in [2.05, 4.69) is 11.7 Å². The zero-order valence-electron chi connectivity index (χ0n) is 9.37. The molecule has 0 saturated carbocycles. The van der Waals surface area contributed by atoms with Crippen LogP contribution >= 0.6 is 11.8 Å². The van der Waals surface area contributed by atoms with Crippen LogP contribution in [-0.4, -0.2) is 36.3 Å². The third-order valence-corrected chi connectivity index (χ3v) is 2.14. The fourth-order valence-corrected chi connectivity index (χ4v) is 1.34. The van der Waals surface area contributed by atoms with Gasteiger partial charge >= 0.3 is 5.97 Å². The van der Waals surface area contributed by atoms with E-state index >= 15 is 0 Å². The van der Waals surface area contributed by atoms with E-state index < -0.39 is 11.6 Å². The van der Waals surface area contributed by atoms with Crippen LogP contribution < -0.4 is 0 Å². The molecule has 0 aromatic carbocycles. The van der Waals surface area contributed by atoms with Crippen molar-refractivity contribution in [1.82, 2.24) is 0 Å². The van der Waals surface area contributed by atoms with Crippen molar-refractivity contribution in [3.05, 3.63) is 0 Å². The summed E-state index contributed by atoms with van der Waals surface area (Å²) in [7, 11) is 0. The molecule has 0 fully saturated rings. The second-order valence-corrected chi connectivity index (χ2v) is 5.00. The molecule has 1 atom stereocenters. The van der Waals surface area contributed by atoms with Gasteiger partial charge in [-0.2, -0.15) is 11.8 Å². The van der Waals surface area contributed by atoms with Crippen LogP contribution in [0, 0.1) is 0 Å². The number of rotatable bonds is 5. The van der Waals surface area contributed by atoms with E-state index in [1.807, 2.05) is 27.0 Å². The molecular formula is C10H19NO2S. The third-order valence-electron chi connectivity index (χ3n) is 1.49. The Kier molecular flexibility index (Phi) is 5.84. The molecule has 0 radical (unpaired) electrons. The normalized spacial score (nSPS) is 13.4. The molecule has 0 N–H and O–H groups in total. The molecule has 0 spiro atoms. The number of thioether (sulfide) groups is 1. The van der Waals surface area contributed by atoms with Crippen molar-refractivity contribution in [2.75, 3.05) is 12.0 Å². The summed E-state index contributed by atoms with van der Waals surface area (Å²) in [6.45, 7) is 8.95. The van der Waals surface area contributed by atoms with Crippen LogP contribution in [0.4, 0.5) is 0 Å². The van der Waals surface area contributed by atoms with Gasteiger partial charge in [-0.05, 0) is 45.9 Å². The highest BCUT2D eigenvalue weighted by molar-refractivity contribution is 7.98. The van der Waals surface area contributed by atoms with Gasteiger partial charge in [0.1, 0.15) is 11.6 Å². The van der Waals surface area contributed by atoms with Crippen molar-refractivity contribution in [3.63, 3.8) is 0 Å². The Bertz CT molecular complexity index is 199. The summed E-state index contributed by atoms with van der Waals surface area (Å²) in [5.74, 6) is 0.615. The molecule has 3 nitrogen and oxygen atoms in total. The molecule has 0 aromatic rings. The number of carbonyl (C=O) groups is 1. The fraction of sp³-hybridized carbons (Fsp3) is 0.800. The van der Waals surface area contributed by atoms with Gasteiger partial charge in [-0.25, -0.2) is 4.79 Å². The Hall–Kier alpha value is -0.510. The van der Waals surface area contributed by atoms with Crippen molar-refractivity contribution >= 4 is 24.4 Å². The average Bonchev–Trinajstić information content (AvgIpc) is 2.02. The first-order valence-corrected chi connectivity index (χ1v) is 5.97. The van der Waals surface area contributed by atoms with Crippen LogP contribution in [0.1, 0.15) is 27.2 Å². The van der Waals surface area contributed by atoms with E-state index in [4.69, 9.17) is 4.74 Å². The van der Waals surface area contributed by atoms with E-state index in [0.717, 1.165) is 5.75 Å². The van der Waals surface area contributed by atoms with Gasteiger partial charge < -0.3 is 4.74 Å². The minimum absolute atomic E-state index is 0.276. The minimum atomic E-state index is -0.445. The van der Waals surface area contributed by atoms with Crippen LogP contribution in [0.2, 0.25) is 0 Å². The second-order valence-electron chi connectivity index (χ2n) is 4.01. The molecule has 0 heterocycles. The topological polar surface area (TPSA) is 38.7 Å². The number of esters is 1. The Morgan fingerprint density at radius 1 is 1.57 bits per heavy atom. The molecule has 0 aliphatic heterocycles. The summed E-state index contributed by atoms with van der Waals surface area (Å²) in [5, 5.41) is 0. The Morgan fingerprint density at radius 2 is 2.14 bits per heavy atom. The molecule has 0 aliphatic rings. The molecule has 0 aromatic heterocycles. The maximum atomic E-state index is 11.5. The zero-order valence-corrected chi connectivity index (χ0v) is 10.2. The molecule has 14 heavy (non-hydrogen) atoms. The standard InChI is InChI=1S/C10H19NO2S/c1-10(2,3)13-9(12)8(11-4)6-7-14-5/h8H,4,6-7H2,1-3,5H3. The summed E-state index contributed by atoms with van der Waals surface area (Å²) in [4.78, 5) is 15.3. The first-order valence-electron chi connectivity index (χ1n) is 4.58. The van der Waals surface area contributed by atoms with Crippen LogP contribution in [-0.2, 0) is 9.53 Å². The van der Waals surface area contributed by atoms with Gasteiger partial charge in [-0.1, -0.05) is 0 Å². The maximum Gasteiger partial charge on any atom is 0.331 e. The highest BCUT2D eigenvalue weighted by Crippen LogP contribution is 2.12. The molecule has 4 heteroatoms. The summed E-state index contributed by atoms with van der Waals surface area (Å²) < 4.78 is 5.21. The largest absolute Gasteiger partial charge is 0.458 e. The first kappa shape index (κ1) is 13.5. The highest BCUT2D eigenvalue weighted by atomic mass is 32.2. The minimum Gasteiger partial charge on any atom is -0.458 e. The van der Waals surface area contributed by atoms with Crippen molar-refractivity contribution < 1.29 is 9.53 Å². The summed E-state index contributed by atoms with van der Waals surface area (Å²) in [6, 6.07) is -0.415. The number of carbonyl (C=O) groups excluding carboxylic acids is 1. The lowest BCUT2D eigenvalue weighted by Gasteiger charge is -2.21.